The molecule has 0 bridgehead atoms. The third-order valence-corrected chi connectivity index (χ3v) is 2.79. The molecule has 0 radical (unpaired) electrons. The van der Waals surface area contributed by atoms with E-state index in [1.54, 1.807) is 25.6 Å². The highest BCUT2D eigenvalue weighted by Crippen LogP contribution is 2.31. The Balaban J connectivity index is 2.38. The van der Waals surface area contributed by atoms with Gasteiger partial charge in [-0.2, -0.15) is 0 Å². The summed E-state index contributed by atoms with van der Waals surface area (Å²) in [5.41, 5.74) is 0.611. The smallest absolute Gasteiger partial charge is 0.310 e. The molecule has 0 amide bonds. The van der Waals surface area contributed by atoms with Crippen molar-refractivity contribution in [1.29, 1.82) is 0 Å². The van der Waals surface area contributed by atoms with E-state index in [0.29, 0.717) is 24.5 Å². The summed E-state index contributed by atoms with van der Waals surface area (Å²) < 4.78 is 11.9. The Hall–Kier alpha value is -2.48. The summed E-state index contributed by atoms with van der Waals surface area (Å²) in [4.78, 5) is 10.4. The third kappa shape index (κ3) is 2.75. The fraction of sp³-hybridized carbons (Fsp3) is 0.333. The summed E-state index contributed by atoms with van der Waals surface area (Å²) in [7, 11) is 3.00. The number of benzene rings is 1. The molecule has 1 aromatic heterocycles. The first kappa shape index (κ1) is 13.9. The normalized spacial score (nSPS) is 10.5. The number of methoxy groups -OCH3 is 2. The van der Waals surface area contributed by atoms with Crippen LogP contribution in [0.4, 0.5) is 5.69 Å². The molecule has 0 N–H and O–H groups in total. The van der Waals surface area contributed by atoms with Crippen LogP contribution in [0.2, 0.25) is 0 Å². The van der Waals surface area contributed by atoms with Crippen LogP contribution in [0.15, 0.2) is 24.5 Å². The van der Waals surface area contributed by atoms with Crippen molar-refractivity contribution in [3.05, 3.63) is 34.6 Å². The van der Waals surface area contributed by atoms with E-state index < -0.39 is 4.92 Å². The topological polar surface area (TPSA) is 92.3 Å². The van der Waals surface area contributed by atoms with Crippen molar-refractivity contribution in [3.63, 3.8) is 0 Å². The number of nitro groups is 1. The quantitative estimate of drug-likeness (QED) is 0.587. The first-order chi connectivity index (χ1) is 9.67. The largest absolute Gasteiger partial charge is 0.490 e. The molecule has 0 saturated carbocycles. The average molecular weight is 278 g/mol. The van der Waals surface area contributed by atoms with Crippen LogP contribution in [-0.2, 0) is 11.3 Å². The van der Waals surface area contributed by atoms with Crippen molar-refractivity contribution in [1.82, 2.24) is 14.8 Å². The molecule has 0 spiro atoms. The molecule has 0 fully saturated rings. The Morgan fingerprint density at radius 1 is 1.40 bits per heavy atom. The lowest BCUT2D eigenvalue weighted by atomic mass is 10.1. The van der Waals surface area contributed by atoms with Crippen LogP contribution in [0.5, 0.6) is 5.75 Å². The van der Waals surface area contributed by atoms with Crippen LogP contribution in [0.3, 0.4) is 0 Å². The van der Waals surface area contributed by atoms with Gasteiger partial charge in [-0.3, -0.25) is 10.1 Å². The number of hydrogen-bond acceptors (Lipinski definition) is 6. The fourth-order valence-electron chi connectivity index (χ4n) is 1.80. The summed E-state index contributed by atoms with van der Waals surface area (Å²) in [5, 5.41) is 18.7. The molecule has 8 nitrogen and oxygen atoms in total. The molecule has 0 saturated heterocycles. The lowest BCUT2D eigenvalue weighted by Crippen LogP contribution is -2.05. The number of rotatable bonds is 6. The Kier molecular flexibility index (Phi) is 4.26. The van der Waals surface area contributed by atoms with E-state index in [-0.39, 0.29) is 11.4 Å². The second-order valence-corrected chi connectivity index (χ2v) is 3.98. The Morgan fingerprint density at radius 2 is 2.20 bits per heavy atom. The van der Waals surface area contributed by atoms with Crippen molar-refractivity contribution < 1.29 is 14.4 Å². The van der Waals surface area contributed by atoms with Crippen molar-refractivity contribution in [3.8, 4) is 17.1 Å². The Morgan fingerprint density at radius 3 is 2.85 bits per heavy atom. The minimum atomic E-state index is -0.488. The van der Waals surface area contributed by atoms with Gasteiger partial charge in [0, 0.05) is 25.3 Å². The van der Waals surface area contributed by atoms with Crippen LogP contribution in [0, 0.1) is 10.1 Å². The Labute approximate surface area is 115 Å². The highest BCUT2D eigenvalue weighted by atomic mass is 16.6. The monoisotopic (exact) mass is 278 g/mol. The molecule has 0 unspecified atom stereocenters. The molecule has 1 heterocycles. The zero-order valence-electron chi connectivity index (χ0n) is 11.1. The van der Waals surface area contributed by atoms with E-state index in [2.05, 4.69) is 10.2 Å². The predicted octanol–water partition coefficient (Wildman–Crippen LogP) is 1.51. The molecule has 0 aliphatic heterocycles. The maximum atomic E-state index is 10.9. The molecule has 8 heteroatoms. The number of nitrogens with zero attached hydrogens (tertiary/aromatic N) is 4. The highest BCUT2D eigenvalue weighted by molar-refractivity contribution is 5.63. The molecule has 2 aromatic rings. The molecular weight excluding hydrogens is 264 g/mol. The molecule has 0 aliphatic rings. The van der Waals surface area contributed by atoms with Crippen LogP contribution in [0.1, 0.15) is 0 Å². The summed E-state index contributed by atoms with van der Waals surface area (Å²) in [5.74, 6) is 0.795. The maximum absolute atomic E-state index is 10.9. The molecule has 106 valence electrons. The van der Waals surface area contributed by atoms with Crippen molar-refractivity contribution in [2.45, 2.75) is 6.54 Å². The predicted molar refractivity (Wildman–Crippen MR) is 70.5 cm³/mol. The zero-order chi connectivity index (χ0) is 14.5. The van der Waals surface area contributed by atoms with Gasteiger partial charge in [0.15, 0.2) is 11.6 Å². The van der Waals surface area contributed by atoms with E-state index in [9.17, 15) is 10.1 Å². The lowest BCUT2D eigenvalue weighted by Gasteiger charge is -2.07. The van der Waals surface area contributed by atoms with Gasteiger partial charge in [0.2, 0.25) is 0 Å². The van der Waals surface area contributed by atoms with Gasteiger partial charge in [0.25, 0.3) is 0 Å². The van der Waals surface area contributed by atoms with Gasteiger partial charge in [-0.25, -0.2) is 0 Å². The number of nitro benzene ring substituents is 1. The van der Waals surface area contributed by atoms with Crippen molar-refractivity contribution in [2.24, 2.45) is 0 Å². The summed E-state index contributed by atoms with van der Waals surface area (Å²) >= 11 is 0. The number of ether oxygens (including phenoxy) is 2. The van der Waals surface area contributed by atoms with Crippen LogP contribution in [-0.4, -0.2) is 40.5 Å². The highest BCUT2D eigenvalue weighted by Gasteiger charge is 2.17. The first-order valence-corrected chi connectivity index (χ1v) is 5.87. The van der Waals surface area contributed by atoms with Crippen molar-refractivity contribution >= 4 is 5.69 Å². The van der Waals surface area contributed by atoms with E-state index in [4.69, 9.17) is 9.47 Å². The standard InChI is InChI=1S/C12H14N4O4/c1-19-6-5-15-8-13-14-12(15)9-3-4-10(16(17)18)11(7-9)20-2/h3-4,7-8H,5-6H2,1-2H3. The van der Waals surface area contributed by atoms with Crippen LogP contribution >= 0.6 is 0 Å². The van der Waals surface area contributed by atoms with Gasteiger partial charge in [0.1, 0.15) is 6.33 Å². The molecule has 0 aliphatic carbocycles. The van der Waals surface area contributed by atoms with Gasteiger partial charge in [-0.15, -0.1) is 10.2 Å². The third-order valence-electron chi connectivity index (χ3n) is 2.79. The van der Waals surface area contributed by atoms with E-state index in [1.165, 1.54) is 13.2 Å². The van der Waals surface area contributed by atoms with Crippen LogP contribution in [0.25, 0.3) is 11.4 Å². The van der Waals surface area contributed by atoms with Crippen molar-refractivity contribution in [2.75, 3.05) is 20.8 Å². The number of aromatic nitrogens is 3. The average Bonchev–Trinajstić information content (AvgIpc) is 2.92. The first-order valence-electron chi connectivity index (χ1n) is 5.87. The second-order valence-electron chi connectivity index (χ2n) is 3.98. The molecule has 20 heavy (non-hydrogen) atoms. The van der Waals surface area contributed by atoms with E-state index >= 15 is 0 Å². The second kappa shape index (κ2) is 6.11. The zero-order valence-corrected chi connectivity index (χ0v) is 11.1. The van der Waals surface area contributed by atoms with Gasteiger partial charge < -0.3 is 14.0 Å². The summed E-state index contributed by atoms with van der Waals surface area (Å²) in [6.45, 7) is 1.12. The SMILES string of the molecule is COCCn1cnnc1-c1ccc([N+](=O)[O-])c(OC)c1. The molecule has 1 aromatic carbocycles. The van der Waals surface area contributed by atoms with Gasteiger partial charge in [0.05, 0.1) is 18.6 Å². The summed E-state index contributed by atoms with van der Waals surface area (Å²) in [6, 6.07) is 4.59. The molecule has 2 rings (SSSR count). The fourth-order valence-corrected chi connectivity index (χ4v) is 1.80. The molecule has 0 atom stereocenters. The van der Waals surface area contributed by atoms with E-state index in [1.807, 2.05) is 4.57 Å². The molecular formula is C12H14N4O4. The minimum Gasteiger partial charge on any atom is -0.490 e. The van der Waals surface area contributed by atoms with Gasteiger partial charge in [-0.1, -0.05) is 0 Å². The maximum Gasteiger partial charge on any atom is 0.310 e. The number of hydrogen-bond donors (Lipinski definition) is 0. The lowest BCUT2D eigenvalue weighted by molar-refractivity contribution is -0.385. The van der Waals surface area contributed by atoms with E-state index in [0.717, 1.165) is 0 Å². The van der Waals surface area contributed by atoms with Gasteiger partial charge >= 0.3 is 5.69 Å². The minimum absolute atomic E-state index is 0.0841. The Bertz CT molecular complexity index is 611. The van der Waals surface area contributed by atoms with Crippen LogP contribution < -0.4 is 4.74 Å². The summed E-state index contributed by atoms with van der Waals surface area (Å²) in [6.07, 6.45) is 1.59. The van der Waals surface area contributed by atoms with Gasteiger partial charge in [-0.05, 0) is 12.1 Å².